The van der Waals surface area contributed by atoms with E-state index >= 15 is 0 Å². The van der Waals surface area contributed by atoms with E-state index in [0.29, 0.717) is 5.92 Å². The molecule has 0 amide bonds. The van der Waals surface area contributed by atoms with Crippen LogP contribution in [0.1, 0.15) is 31.7 Å². The van der Waals surface area contributed by atoms with Gasteiger partial charge in [0.2, 0.25) is 0 Å². The average Bonchev–Trinajstić information content (AvgIpc) is 2.37. The highest BCUT2D eigenvalue weighted by Crippen LogP contribution is 2.17. The van der Waals surface area contributed by atoms with Crippen molar-refractivity contribution in [1.82, 2.24) is 0 Å². The van der Waals surface area contributed by atoms with Gasteiger partial charge in [0.15, 0.2) is 0 Å². The molecule has 0 N–H and O–H groups in total. The molecule has 0 aromatic carbocycles. The summed E-state index contributed by atoms with van der Waals surface area (Å²) in [7, 11) is 0. The Kier molecular flexibility index (Phi) is 1.93. The summed E-state index contributed by atoms with van der Waals surface area (Å²) in [6.07, 6.45) is 4.72. The van der Waals surface area contributed by atoms with Gasteiger partial charge in [-0.2, -0.15) is 0 Å². The molecule has 1 aromatic rings. The normalized spacial score (nSPS) is 13.6. The topological polar surface area (TPSA) is 13.1 Å². The quantitative estimate of drug-likeness (QED) is 0.590. The Labute approximate surface area is 55.7 Å². The molecule has 1 atom stereocenters. The zero-order valence-electron chi connectivity index (χ0n) is 5.92. The van der Waals surface area contributed by atoms with E-state index in [1.165, 1.54) is 12.0 Å². The fourth-order valence-corrected chi connectivity index (χ4v) is 0.791. The molecule has 9 heavy (non-hydrogen) atoms. The van der Waals surface area contributed by atoms with E-state index in [0.717, 1.165) is 0 Å². The van der Waals surface area contributed by atoms with Crippen molar-refractivity contribution in [2.75, 3.05) is 0 Å². The Morgan fingerprint density at radius 1 is 1.67 bits per heavy atom. The maximum atomic E-state index is 4.94. The molecule has 0 aliphatic carbocycles. The van der Waals surface area contributed by atoms with Crippen molar-refractivity contribution in [1.29, 1.82) is 0 Å². The molecule has 1 heteroatoms. The minimum Gasteiger partial charge on any atom is -0.472 e. The standard InChI is InChI=1S/C8H12O/c1-3-7(2)8-4-5-9-6-8/h4-7H,3H2,1-2H3. The molecule has 1 heterocycles. The lowest BCUT2D eigenvalue weighted by Crippen LogP contribution is -1.85. The molecule has 0 radical (unpaired) electrons. The molecule has 0 bridgehead atoms. The first kappa shape index (κ1) is 6.40. The Morgan fingerprint density at radius 3 is 2.89 bits per heavy atom. The zero-order chi connectivity index (χ0) is 6.69. The van der Waals surface area contributed by atoms with Gasteiger partial charge in [-0.1, -0.05) is 13.8 Å². The second kappa shape index (κ2) is 2.72. The van der Waals surface area contributed by atoms with Crippen LogP contribution in [0.5, 0.6) is 0 Å². The van der Waals surface area contributed by atoms with Gasteiger partial charge in [0, 0.05) is 0 Å². The van der Waals surface area contributed by atoms with Crippen LogP contribution in [0.3, 0.4) is 0 Å². The van der Waals surface area contributed by atoms with E-state index in [-0.39, 0.29) is 0 Å². The fourth-order valence-electron chi connectivity index (χ4n) is 0.791. The maximum absolute atomic E-state index is 4.94. The van der Waals surface area contributed by atoms with Crippen LogP contribution in [0.4, 0.5) is 0 Å². The van der Waals surface area contributed by atoms with Crippen LogP contribution in [-0.4, -0.2) is 0 Å². The SMILES string of the molecule is CCC(C)c1ccoc1. The van der Waals surface area contributed by atoms with Gasteiger partial charge in [0.25, 0.3) is 0 Å². The first-order chi connectivity index (χ1) is 4.34. The van der Waals surface area contributed by atoms with E-state index in [9.17, 15) is 0 Å². The summed E-state index contributed by atoms with van der Waals surface area (Å²) in [5, 5.41) is 0. The van der Waals surface area contributed by atoms with E-state index in [2.05, 4.69) is 13.8 Å². The first-order valence-corrected chi connectivity index (χ1v) is 3.36. The second-order valence-corrected chi connectivity index (χ2v) is 2.37. The third-order valence-electron chi connectivity index (χ3n) is 1.72. The summed E-state index contributed by atoms with van der Waals surface area (Å²) >= 11 is 0. The van der Waals surface area contributed by atoms with Crippen LogP contribution in [0.25, 0.3) is 0 Å². The molecule has 0 fully saturated rings. The van der Waals surface area contributed by atoms with Gasteiger partial charge in [-0.3, -0.25) is 0 Å². The third kappa shape index (κ3) is 1.35. The molecule has 0 aliphatic rings. The zero-order valence-corrected chi connectivity index (χ0v) is 5.92. The van der Waals surface area contributed by atoms with Crippen molar-refractivity contribution in [3.8, 4) is 0 Å². The molecule has 0 saturated carbocycles. The van der Waals surface area contributed by atoms with Crippen LogP contribution in [0.15, 0.2) is 23.0 Å². The lowest BCUT2D eigenvalue weighted by atomic mass is 10.0. The summed E-state index contributed by atoms with van der Waals surface area (Å²) in [5.74, 6) is 0.642. The molecule has 1 unspecified atom stereocenters. The highest BCUT2D eigenvalue weighted by atomic mass is 16.3. The Morgan fingerprint density at radius 2 is 2.44 bits per heavy atom. The number of rotatable bonds is 2. The number of hydrogen-bond acceptors (Lipinski definition) is 1. The van der Waals surface area contributed by atoms with Crippen LogP contribution in [0.2, 0.25) is 0 Å². The predicted octanol–water partition coefficient (Wildman–Crippen LogP) is 2.79. The van der Waals surface area contributed by atoms with Crippen LogP contribution < -0.4 is 0 Å². The van der Waals surface area contributed by atoms with Gasteiger partial charge in [0.1, 0.15) is 0 Å². The van der Waals surface area contributed by atoms with Crippen molar-refractivity contribution in [3.05, 3.63) is 24.2 Å². The highest BCUT2D eigenvalue weighted by Gasteiger charge is 2.01. The fraction of sp³-hybridized carbons (Fsp3) is 0.500. The largest absolute Gasteiger partial charge is 0.472 e. The molecular formula is C8H12O. The van der Waals surface area contributed by atoms with Gasteiger partial charge < -0.3 is 4.42 Å². The summed E-state index contributed by atoms with van der Waals surface area (Å²) in [4.78, 5) is 0. The van der Waals surface area contributed by atoms with E-state index in [1.54, 1.807) is 6.26 Å². The monoisotopic (exact) mass is 124 g/mol. The van der Waals surface area contributed by atoms with Gasteiger partial charge in [-0.15, -0.1) is 0 Å². The molecule has 1 aromatic heterocycles. The summed E-state index contributed by atoms with van der Waals surface area (Å²) < 4.78 is 4.94. The van der Waals surface area contributed by atoms with Crippen LogP contribution >= 0.6 is 0 Å². The van der Waals surface area contributed by atoms with Crippen molar-refractivity contribution in [2.45, 2.75) is 26.2 Å². The van der Waals surface area contributed by atoms with Gasteiger partial charge >= 0.3 is 0 Å². The Balaban J connectivity index is 2.65. The predicted molar refractivity (Wildman–Crippen MR) is 37.4 cm³/mol. The summed E-state index contributed by atoms with van der Waals surface area (Å²) in [5.41, 5.74) is 1.30. The van der Waals surface area contributed by atoms with Crippen molar-refractivity contribution < 1.29 is 4.42 Å². The van der Waals surface area contributed by atoms with Crippen molar-refractivity contribution >= 4 is 0 Å². The lowest BCUT2D eigenvalue weighted by Gasteiger charge is -2.01. The molecule has 0 saturated heterocycles. The third-order valence-corrected chi connectivity index (χ3v) is 1.72. The number of hydrogen-bond donors (Lipinski definition) is 0. The summed E-state index contributed by atoms with van der Waals surface area (Å²) in [6, 6.07) is 2.02. The molecular weight excluding hydrogens is 112 g/mol. The lowest BCUT2D eigenvalue weighted by molar-refractivity contribution is 0.559. The first-order valence-electron chi connectivity index (χ1n) is 3.36. The maximum Gasteiger partial charge on any atom is 0.0937 e. The van der Waals surface area contributed by atoms with E-state index in [4.69, 9.17) is 4.42 Å². The van der Waals surface area contributed by atoms with Gasteiger partial charge in [-0.05, 0) is 24.0 Å². The van der Waals surface area contributed by atoms with Gasteiger partial charge in [0.05, 0.1) is 12.5 Å². The molecule has 50 valence electrons. The molecule has 0 aliphatic heterocycles. The smallest absolute Gasteiger partial charge is 0.0937 e. The molecule has 1 nitrogen and oxygen atoms in total. The number of furan rings is 1. The van der Waals surface area contributed by atoms with E-state index < -0.39 is 0 Å². The average molecular weight is 124 g/mol. The van der Waals surface area contributed by atoms with Crippen LogP contribution in [-0.2, 0) is 0 Å². The Bertz CT molecular complexity index is 153. The minimum atomic E-state index is 0.642. The summed E-state index contributed by atoms with van der Waals surface area (Å²) in [6.45, 7) is 4.38. The van der Waals surface area contributed by atoms with Crippen LogP contribution in [0, 0.1) is 0 Å². The second-order valence-electron chi connectivity index (χ2n) is 2.37. The van der Waals surface area contributed by atoms with Gasteiger partial charge in [-0.25, -0.2) is 0 Å². The van der Waals surface area contributed by atoms with Crippen molar-refractivity contribution in [3.63, 3.8) is 0 Å². The molecule has 1 rings (SSSR count). The minimum absolute atomic E-state index is 0.642. The van der Waals surface area contributed by atoms with Crippen molar-refractivity contribution in [2.24, 2.45) is 0 Å². The molecule has 0 spiro atoms. The van der Waals surface area contributed by atoms with E-state index in [1.807, 2.05) is 12.3 Å². The highest BCUT2D eigenvalue weighted by molar-refractivity contribution is 5.10. The Hall–Kier alpha value is -0.720.